The molecule has 3 aliphatic heterocycles. The molecular weight excluding hydrogens is 296 g/mol. The molecular formula is C17H24N2O4. The Labute approximate surface area is 136 Å². The molecule has 0 radical (unpaired) electrons. The summed E-state index contributed by atoms with van der Waals surface area (Å²) in [6, 6.07) is 4.44. The number of ether oxygens (including phenoxy) is 3. The minimum absolute atomic E-state index is 0.279. The van der Waals surface area contributed by atoms with Crippen molar-refractivity contribution >= 4 is 0 Å². The van der Waals surface area contributed by atoms with Crippen LogP contribution in [0.1, 0.15) is 38.3 Å². The molecule has 1 aromatic heterocycles. The average molecular weight is 320 g/mol. The average Bonchev–Trinajstić information content (AvgIpc) is 3.17. The minimum atomic E-state index is -0.687. The summed E-state index contributed by atoms with van der Waals surface area (Å²) >= 11 is 0. The molecule has 1 aromatic rings. The fourth-order valence-electron chi connectivity index (χ4n) is 3.94. The van der Waals surface area contributed by atoms with Crippen molar-refractivity contribution in [2.45, 2.75) is 63.1 Å². The molecule has 0 unspecified atom stereocenters. The first-order valence-corrected chi connectivity index (χ1v) is 8.37. The van der Waals surface area contributed by atoms with Crippen LogP contribution < -0.4 is 0 Å². The predicted molar refractivity (Wildman–Crippen MR) is 82.5 cm³/mol. The largest absolute Gasteiger partial charge is 0.387 e. The van der Waals surface area contributed by atoms with E-state index >= 15 is 0 Å². The zero-order valence-electron chi connectivity index (χ0n) is 13.6. The molecule has 6 heteroatoms. The number of aliphatic hydroxyl groups is 1. The Hall–Kier alpha value is -1.05. The molecule has 4 heterocycles. The van der Waals surface area contributed by atoms with E-state index < -0.39 is 24.3 Å². The van der Waals surface area contributed by atoms with Crippen LogP contribution in [0.15, 0.2) is 24.5 Å². The number of aliphatic hydroxyl groups excluding tert-OH is 1. The maximum absolute atomic E-state index is 10.5. The fraction of sp³-hybridized carbons (Fsp3) is 0.706. The lowest BCUT2D eigenvalue weighted by Crippen LogP contribution is -2.41. The normalized spacial score (nSPS) is 39.7. The zero-order valence-corrected chi connectivity index (χ0v) is 13.6. The third kappa shape index (κ3) is 2.90. The highest BCUT2D eigenvalue weighted by molar-refractivity contribution is 5.15. The molecule has 0 aliphatic carbocycles. The van der Waals surface area contributed by atoms with Crippen LogP contribution in [0.3, 0.4) is 0 Å². The first-order chi connectivity index (χ1) is 11.0. The summed E-state index contributed by atoms with van der Waals surface area (Å²) in [7, 11) is 0. The van der Waals surface area contributed by atoms with Crippen LogP contribution in [0.2, 0.25) is 0 Å². The molecule has 23 heavy (non-hydrogen) atoms. The molecule has 3 saturated heterocycles. The summed E-state index contributed by atoms with van der Waals surface area (Å²) in [6.45, 7) is 5.38. The summed E-state index contributed by atoms with van der Waals surface area (Å²) in [4.78, 5) is 6.60. The molecule has 4 rings (SSSR count). The standard InChI is InChI=1S/C17H24N2O4/c1-17(2)22-15-14(20)13(21-16(15)23-17)10-19-8-4-6-12(19)11-5-3-7-18-9-11/h3,5,7,9,12-16,20H,4,6,8,10H2,1-2H3/t12-,13+,14+,15-,16+/m0/s1. The highest BCUT2D eigenvalue weighted by Gasteiger charge is 2.54. The van der Waals surface area contributed by atoms with Crippen LogP contribution >= 0.6 is 0 Å². The van der Waals surface area contributed by atoms with Crippen LogP contribution in [0.5, 0.6) is 0 Å². The monoisotopic (exact) mass is 320 g/mol. The molecule has 3 aliphatic rings. The molecule has 0 saturated carbocycles. The number of rotatable bonds is 3. The van der Waals surface area contributed by atoms with Crippen molar-refractivity contribution in [1.29, 1.82) is 0 Å². The van der Waals surface area contributed by atoms with Crippen LogP contribution in [-0.2, 0) is 14.2 Å². The first-order valence-electron chi connectivity index (χ1n) is 8.37. The number of nitrogens with zero attached hydrogens (tertiary/aromatic N) is 2. The molecule has 126 valence electrons. The van der Waals surface area contributed by atoms with Crippen molar-refractivity contribution in [3.05, 3.63) is 30.1 Å². The second-order valence-corrected chi connectivity index (χ2v) is 7.07. The maximum atomic E-state index is 10.5. The SMILES string of the molecule is CC1(C)O[C@H]2O[C@H](CN3CCC[C@H]3c3cccnc3)[C@@H](O)[C@@H]2O1. The first kappa shape index (κ1) is 15.5. The van der Waals surface area contributed by atoms with Gasteiger partial charge in [-0.15, -0.1) is 0 Å². The molecule has 0 amide bonds. The highest BCUT2D eigenvalue weighted by atomic mass is 16.8. The lowest BCUT2D eigenvalue weighted by Gasteiger charge is -2.29. The fourth-order valence-corrected chi connectivity index (χ4v) is 3.94. The number of hydrogen-bond acceptors (Lipinski definition) is 6. The van der Waals surface area contributed by atoms with E-state index in [-0.39, 0.29) is 6.10 Å². The van der Waals surface area contributed by atoms with Gasteiger partial charge in [0.05, 0.1) is 0 Å². The van der Waals surface area contributed by atoms with Crippen molar-refractivity contribution in [1.82, 2.24) is 9.88 Å². The van der Waals surface area contributed by atoms with Gasteiger partial charge in [-0.05, 0) is 44.9 Å². The molecule has 5 atom stereocenters. The van der Waals surface area contributed by atoms with Gasteiger partial charge in [0.1, 0.15) is 18.3 Å². The Morgan fingerprint density at radius 3 is 3.00 bits per heavy atom. The van der Waals surface area contributed by atoms with Crippen molar-refractivity contribution in [3.63, 3.8) is 0 Å². The summed E-state index contributed by atoms with van der Waals surface area (Å²) in [5.41, 5.74) is 1.23. The van der Waals surface area contributed by atoms with Crippen molar-refractivity contribution in [2.24, 2.45) is 0 Å². The molecule has 0 bridgehead atoms. The van der Waals surface area contributed by atoms with E-state index in [2.05, 4.69) is 16.0 Å². The topological polar surface area (TPSA) is 64.1 Å². The van der Waals surface area contributed by atoms with Crippen LogP contribution in [0, 0.1) is 0 Å². The van der Waals surface area contributed by atoms with E-state index in [4.69, 9.17) is 14.2 Å². The summed E-state index contributed by atoms with van der Waals surface area (Å²) in [5.74, 6) is -0.687. The smallest absolute Gasteiger partial charge is 0.190 e. The molecule has 1 N–H and O–H groups in total. The van der Waals surface area contributed by atoms with E-state index in [0.29, 0.717) is 12.6 Å². The summed E-state index contributed by atoms with van der Waals surface area (Å²) in [5, 5.41) is 10.5. The van der Waals surface area contributed by atoms with Crippen molar-refractivity contribution in [3.8, 4) is 0 Å². The molecule has 3 fully saturated rings. The minimum Gasteiger partial charge on any atom is -0.387 e. The Morgan fingerprint density at radius 2 is 2.26 bits per heavy atom. The van der Waals surface area contributed by atoms with E-state index in [9.17, 15) is 5.11 Å². The van der Waals surface area contributed by atoms with Gasteiger partial charge >= 0.3 is 0 Å². The number of pyridine rings is 1. The van der Waals surface area contributed by atoms with Gasteiger partial charge in [-0.3, -0.25) is 9.88 Å². The van der Waals surface area contributed by atoms with Crippen molar-refractivity contribution in [2.75, 3.05) is 13.1 Å². The number of likely N-dealkylation sites (tertiary alicyclic amines) is 1. The lowest BCUT2D eigenvalue weighted by molar-refractivity contribution is -0.216. The second kappa shape index (κ2) is 5.79. The van der Waals surface area contributed by atoms with Gasteiger partial charge in [0, 0.05) is 25.0 Å². The Balaban J connectivity index is 1.43. The zero-order chi connectivity index (χ0) is 16.0. The maximum Gasteiger partial charge on any atom is 0.190 e. The summed E-state index contributed by atoms with van der Waals surface area (Å²) < 4.78 is 17.4. The molecule has 6 nitrogen and oxygen atoms in total. The van der Waals surface area contributed by atoms with Gasteiger partial charge in [-0.1, -0.05) is 6.07 Å². The molecule has 0 aromatic carbocycles. The number of fused-ring (bicyclic) bond motifs is 1. The lowest BCUT2D eigenvalue weighted by atomic mass is 10.1. The number of hydrogen-bond donors (Lipinski definition) is 1. The van der Waals surface area contributed by atoms with Gasteiger partial charge < -0.3 is 19.3 Å². The summed E-state index contributed by atoms with van der Waals surface area (Å²) in [6.07, 6.45) is 4.19. The second-order valence-electron chi connectivity index (χ2n) is 7.07. The van der Waals surface area contributed by atoms with Crippen LogP contribution in [0.4, 0.5) is 0 Å². The Bertz CT molecular complexity index is 553. The van der Waals surface area contributed by atoms with Gasteiger partial charge in [0.25, 0.3) is 0 Å². The number of aromatic nitrogens is 1. The Kier molecular flexibility index (Phi) is 3.90. The quantitative estimate of drug-likeness (QED) is 0.909. The van der Waals surface area contributed by atoms with E-state index in [1.807, 2.05) is 26.1 Å². The van der Waals surface area contributed by atoms with Gasteiger partial charge in [-0.2, -0.15) is 0 Å². The van der Waals surface area contributed by atoms with Gasteiger partial charge in [-0.25, -0.2) is 0 Å². The van der Waals surface area contributed by atoms with Gasteiger partial charge in [0.2, 0.25) is 0 Å². The van der Waals surface area contributed by atoms with Crippen molar-refractivity contribution < 1.29 is 19.3 Å². The van der Waals surface area contributed by atoms with Crippen LogP contribution in [-0.4, -0.2) is 58.5 Å². The molecule has 0 spiro atoms. The third-order valence-corrected chi connectivity index (χ3v) is 4.96. The van der Waals surface area contributed by atoms with E-state index in [1.165, 1.54) is 5.56 Å². The van der Waals surface area contributed by atoms with E-state index in [0.717, 1.165) is 19.4 Å². The predicted octanol–water partition coefficient (Wildman–Crippen LogP) is 1.46. The van der Waals surface area contributed by atoms with Gasteiger partial charge in [0.15, 0.2) is 12.1 Å². The highest BCUT2D eigenvalue weighted by Crippen LogP contribution is 2.39. The van der Waals surface area contributed by atoms with E-state index in [1.54, 1.807) is 6.20 Å². The van der Waals surface area contributed by atoms with Crippen LogP contribution in [0.25, 0.3) is 0 Å². The third-order valence-electron chi connectivity index (χ3n) is 4.96. The Morgan fingerprint density at radius 1 is 1.39 bits per heavy atom.